The molecule has 1 rings (SSSR count). The Morgan fingerprint density at radius 1 is 0.643 bits per heavy atom. The first-order chi connectivity index (χ1) is 7.00. The Labute approximate surface area is 84.6 Å². The van der Waals surface area contributed by atoms with Crippen LogP contribution in [0.5, 0.6) is 0 Å². The van der Waals surface area contributed by atoms with E-state index in [0.717, 1.165) is 45.7 Å². The highest BCUT2D eigenvalue weighted by Gasteiger charge is 1.92. The molecule has 4 N–H and O–H groups in total. The van der Waals surface area contributed by atoms with E-state index in [1.807, 2.05) is 0 Å². The molecule has 0 atom stereocenters. The van der Waals surface area contributed by atoms with E-state index in [0.29, 0.717) is 0 Å². The average molecular weight is 204 g/mol. The lowest BCUT2D eigenvalue weighted by atomic mass is 10.4. The van der Waals surface area contributed by atoms with Gasteiger partial charge in [0.1, 0.15) is 0 Å². The zero-order chi connectivity index (χ0) is 9.90. The molecule has 0 saturated carbocycles. The van der Waals surface area contributed by atoms with E-state index < -0.39 is 0 Å². The van der Waals surface area contributed by atoms with Crippen molar-refractivity contribution in [3.05, 3.63) is 0 Å². The molecule has 1 saturated heterocycles. The van der Waals surface area contributed by atoms with Crippen molar-refractivity contribution in [2.75, 3.05) is 46.1 Å². The summed E-state index contributed by atoms with van der Waals surface area (Å²) in [5.74, 6) is 0. The van der Waals surface area contributed by atoms with E-state index in [1.54, 1.807) is 0 Å². The van der Waals surface area contributed by atoms with Crippen molar-refractivity contribution in [2.24, 2.45) is 0 Å². The molecule has 1 aliphatic rings. The van der Waals surface area contributed by atoms with Gasteiger partial charge in [0.25, 0.3) is 0 Å². The first-order valence-electron chi connectivity index (χ1n) is 5.11. The monoisotopic (exact) mass is 204 g/mol. The van der Waals surface area contributed by atoms with Crippen LogP contribution in [0, 0.1) is 0 Å². The van der Waals surface area contributed by atoms with Gasteiger partial charge in [-0.15, -0.1) is 0 Å². The molecule has 1 aliphatic heterocycles. The number of hydrogen-bond acceptors (Lipinski definition) is 6. The van der Waals surface area contributed by atoms with Gasteiger partial charge in [-0.25, -0.2) is 0 Å². The van der Waals surface area contributed by atoms with Crippen molar-refractivity contribution < 1.29 is 9.68 Å². The molecule has 0 unspecified atom stereocenters. The normalized spacial score (nSPS) is 24.0. The quantitative estimate of drug-likeness (QED) is 0.388. The predicted octanol–water partition coefficient (Wildman–Crippen LogP) is -1.43. The second kappa shape index (κ2) is 9.32. The predicted molar refractivity (Wildman–Crippen MR) is 53.4 cm³/mol. The van der Waals surface area contributed by atoms with Crippen LogP contribution in [-0.4, -0.2) is 46.1 Å². The molecule has 1 fully saturated rings. The summed E-state index contributed by atoms with van der Waals surface area (Å²) in [6.45, 7) is 5.70. The van der Waals surface area contributed by atoms with Gasteiger partial charge in [-0.05, 0) is 19.5 Å². The van der Waals surface area contributed by atoms with Crippen LogP contribution in [0.15, 0.2) is 0 Å². The van der Waals surface area contributed by atoms with Gasteiger partial charge in [0.2, 0.25) is 0 Å². The minimum absolute atomic E-state index is 0.222. The van der Waals surface area contributed by atoms with Gasteiger partial charge in [-0.3, -0.25) is 9.68 Å². The maximum absolute atomic E-state index is 4.98. The van der Waals surface area contributed by atoms with Gasteiger partial charge in [0.05, 0.1) is 0 Å². The first kappa shape index (κ1) is 11.8. The van der Waals surface area contributed by atoms with E-state index in [-0.39, 0.29) is 6.79 Å². The van der Waals surface area contributed by atoms with Crippen LogP contribution >= 0.6 is 0 Å². The number of hydrogen-bond donors (Lipinski definition) is 4. The zero-order valence-corrected chi connectivity index (χ0v) is 8.47. The molecule has 6 nitrogen and oxygen atoms in total. The average Bonchev–Trinajstić information content (AvgIpc) is 2.22. The van der Waals surface area contributed by atoms with Gasteiger partial charge in [-0.2, -0.15) is 11.0 Å². The van der Waals surface area contributed by atoms with Crippen LogP contribution in [0.4, 0.5) is 0 Å². The smallest absolute Gasteiger partial charge is 0.186 e. The Morgan fingerprint density at radius 3 is 1.79 bits per heavy atom. The van der Waals surface area contributed by atoms with Crippen LogP contribution in [0.3, 0.4) is 0 Å². The Hall–Kier alpha value is -0.240. The first-order valence-corrected chi connectivity index (χ1v) is 5.11. The molecule has 0 spiro atoms. The summed E-state index contributed by atoms with van der Waals surface area (Å²) >= 11 is 0. The Balaban J connectivity index is 2.00. The largest absolute Gasteiger partial charge is 0.315 e. The molecule has 0 aromatic heterocycles. The highest BCUT2D eigenvalue weighted by molar-refractivity contribution is 4.52. The molecule has 0 aromatic carbocycles. The fraction of sp³-hybridized carbons (Fsp3) is 1.00. The van der Waals surface area contributed by atoms with E-state index in [2.05, 4.69) is 21.6 Å². The number of nitrogens with one attached hydrogen (secondary N) is 4. The molecule has 0 aliphatic carbocycles. The maximum Gasteiger partial charge on any atom is 0.186 e. The lowest BCUT2D eigenvalue weighted by Crippen LogP contribution is -2.34. The van der Waals surface area contributed by atoms with Crippen molar-refractivity contribution in [3.8, 4) is 0 Å². The van der Waals surface area contributed by atoms with Crippen molar-refractivity contribution in [3.63, 3.8) is 0 Å². The third-order valence-corrected chi connectivity index (χ3v) is 1.84. The Morgan fingerprint density at radius 2 is 1.21 bits per heavy atom. The lowest BCUT2D eigenvalue weighted by Gasteiger charge is -2.10. The molecule has 0 amide bonds. The highest BCUT2D eigenvalue weighted by atomic mass is 16.8. The van der Waals surface area contributed by atoms with E-state index in [1.165, 1.54) is 0 Å². The molecule has 0 radical (unpaired) electrons. The summed E-state index contributed by atoms with van der Waals surface area (Å²) in [7, 11) is 0. The molecule has 6 heteroatoms. The zero-order valence-electron chi connectivity index (χ0n) is 8.47. The maximum atomic E-state index is 4.98. The van der Waals surface area contributed by atoms with Gasteiger partial charge >= 0.3 is 0 Å². The van der Waals surface area contributed by atoms with Crippen molar-refractivity contribution in [2.45, 2.75) is 6.42 Å². The van der Waals surface area contributed by atoms with Crippen molar-refractivity contribution >= 4 is 0 Å². The Bertz CT molecular complexity index is 72.6. The van der Waals surface area contributed by atoms with E-state index >= 15 is 0 Å². The molecule has 0 aromatic rings. The lowest BCUT2D eigenvalue weighted by molar-refractivity contribution is -0.133. The Kier molecular flexibility index (Phi) is 7.88. The van der Waals surface area contributed by atoms with Gasteiger partial charge in [0, 0.05) is 26.2 Å². The van der Waals surface area contributed by atoms with Crippen LogP contribution in [0.25, 0.3) is 0 Å². The molecular formula is C8H20N4O2. The summed E-state index contributed by atoms with van der Waals surface area (Å²) in [5.41, 5.74) is 5.59. The van der Waals surface area contributed by atoms with Crippen molar-refractivity contribution in [1.29, 1.82) is 0 Å². The fourth-order valence-electron chi connectivity index (χ4n) is 1.12. The fourth-order valence-corrected chi connectivity index (χ4v) is 1.12. The van der Waals surface area contributed by atoms with E-state index in [9.17, 15) is 0 Å². The molecule has 1 heterocycles. The van der Waals surface area contributed by atoms with Gasteiger partial charge in [-0.1, -0.05) is 0 Å². The molecule has 0 bridgehead atoms. The van der Waals surface area contributed by atoms with E-state index in [4.69, 9.17) is 9.68 Å². The molecular weight excluding hydrogens is 184 g/mol. The SMILES string of the molecule is C1CNCCNOCONCCNC1. The summed E-state index contributed by atoms with van der Waals surface area (Å²) in [6, 6.07) is 0. The second-order valence-electron chi connectivity index (χ2n) is 3.05. The van der Waals surface area contributed by atoms with Gasteiger partial charge in [0.15, 0.2) is 6.79 Å². The van der Waals surface area contributed by atoms with Gasteiger partial charge < -0.3 is 10.6 Å². The summed E-state index contributed by atoms with van der Waals surface area (Å²) in [6.07, 6.45) is 1.14. The third-order valence-electron chi connectivity index (χ3n) is 1.84. The van der Waals surface area contributed by atoms with Crippen LogP contribution in [-0.2, 0) is 9.68 Å². The van der Waals surface area contributed by atoms with Crippen molar-refractivity contribution in [1.82, 2.24) is 21.6 Å². The van der Waals surface area contributed by atoms with Crippen LogP contribution < -0.4 is 21.6 Å². The van der Waals surface area contributed by atoms with Crippen LogP contribution in [0.2, 0.25) is 0 Å². The minimum atomic E-state index is 0.222. The van der Waals surface area contributed by atoms with Crippen LogP contribution in [0.1, 0.15) is 6.42 Å². The number of hydroxylamine groups is 2. The summed E-state index contributed by atoms with van der Waals surface area (Å²) in [4.78, 5) is 9.97. The molecule has 84 valence electrons. The topological polar surface area (TPSA) is 66.6 Å². The second-order valence-corrected chi connectivity index (χ2v) is 3.05. The highest BCUT2D eigenvalue weighted by Crippen LogP contribution is 1.75. The minimum Gasteiger partial charge on any atom is -0.315 e. The summed E-state index contributed by atoms with van der Waals surface area (Å²) < 4.78 is 0. The molecule has 14 heavy (non-hydrogen) atoms. The third kappa shape index (κ3) is 7.19. The number of rotatable bonds is 0. The summed E-state index contributed by atoms with van der Waals surface area (Å²) in [5, 5.41) is 6.60. The standard InChI is InChI=1S/C8H20N4O2/c1-2-9-4-6-11-13-8-14-12-7-5-10-3-1/h9-12H,1-8H2.